The summed E-state index contributed by atoms with van der Waals surface area (Å²) in [6, 6.07) is 19.9. The average molecular weight is 547 g/mol. The lowest BCUT2D eigenvalue weighted by Crippen LogP contribution is -2.13. The molecule has 3 heterocycles. The molecular formula is C29H26N10O2. The Balaban J connectivity index is 1.15. The van der Waals surface area contributed by atoms with Crippen molar-refractivity contribution < 1.29 is 9.59 Å². The number of aromatic amines is 1. The van der Waals surface area contributed by atoms with E-state index < -0.39 is 5.91 Å². The van der Waals surface area contributed by atoms with Crippen LogP contribution in [0.5, 0.6) is 0 Å². The zero-order valence-electron chi connectivity index (χ0n) is 22.5. The van der Waals surface area contributed by atoms with Gasteiger partial charge in [-0.3, -0.25) is 19.6 Å². The Morgan fingerprint density at radius 2 is 1.83 bits per heavy atom. The van der Waals surface area contributed by atoms with Crippen LogP contribution in [-0.2, 0) is 7.05 Å². The molecular weight excluding hydrogens is 520 g/mol. The highest BCUT2D eigenvalue weighted by Gasteiger charge is 2.14. The second-order valence-electron chi connectivity index (χ2n) is 9.52. The number of nitrogens with one attached hydrogen (secondary N) is 3. The molecule has 0 saturated carbocycles. The maximum atomic E-state index is 12.8. The number of carbonyl (C=O) groups is 2. The number of carbonyl (C=O) groups excluding carboxylic acids is 2. The van der Waals surface area contributed by atoms with Crippen molar-refractivity contribution in [1.82, 2.24) is 29.7 Å². The molecule has 12 heteroatoms. The van der Waals surface area contributed by atoms with Crippen LogP contribution in [0.1, 0.15) is 26.4 Å². The Morgan fingerprint density at radius 1 is 1.02 bits per heavy atom. The van der Waals surface area contributed by atoms with E-state index in [0.29, 0.717) is 34.1 Å². The number of amides is 2. The fourth-order valence-electron chi connectivity index (χ4n) is 4.56. The number of hydrogen-bond acceptors (Lipinski definition) is 8. The Kier molecular flexibility index (Phi) is 6.27. The third-order valence-corrected chi connectivity index (χ3v) is 6.90. The van der Waals surface area contributed by atoms with E-state index in [1.807, 2.05) is 48.8 Å². The SMILES string of the molecule is Cc1c2ccc(N(C)c3ccnc(Nc4ccc(C(=O)Nc5nc6c(C(N)=O)cccc6[nH]5)cc4)n3)cc2nn1C. The summed E-state index contributed by atoms with van der Waals surface area (Å²) in [6.45, 7) is 2.04. The lowest BCUT2D eigenvalue weighted by atomic mass is 10.2. The smallest absolute Gasteiger partial charge is 0.257 e. The Bertz CT molecular complexity index is 1940. The summed E-state index contributed by atoms with van der Waals surface area (Å²) in [5, 5.41) is 11.6. The van der Waals surface area contributed by atoms with Gasteiger partial charge in [-0.2, -0.15) is 10.1 Å². The van der Waals surface area contributed by atoms with Crippen LogP contribution in [0, 0.1) is 6.92 Å². The molecule has 0 radical (unpaired) electrons. The van der Waals surface area contributed by atoms with Gasteiger partial charge in [-0.05, 0) is 67.6 Å². The summed E-state index contributed by atoms with van der Waals surface area (Å²) in [6.07, 6.45) is 1.68. The van der Waals surface area contributed by atoms with Crippen LogP contribution < -0.4 is 21.3 Å². The molecule has 0 spiro atoms. The molecule has 41 heavy (non-hydrogen) atoms. The first-order valence-electron chi connectivity index (χ1n) is 12.7. The number of para-hydroxylation sites is 1. The van der Waals surface area contributed by atoms with Gasteiger partial charge in [0, 0.05) is 48.3 Å². The third-order valence-electron chi connectivity index (χ3n) is 6.90. The predicted octanol–water partition coefficient (Wildman–Crippen LogP) is 4.41. The highest BCUT2D eigenvalue weighted by Crippen LogP contribution is 2.28. The molecule has 3 aromatic carbocycles. The van der Waals surface area contributed by atoms with Crippen LogP contribution in [0.25, 0.3) is 21.9 Å². The second kappa shape index (κ2) is 10.1. The minimum Gasteiger partial charge on any atom is -0.366 e. The van der Waals surface area contributed by atoms with Gasteiger partial charge < -0.3 is 20.9 Å². The van der Waals surface area contributed by atoms with E-state index in [-0.39, 0.29) is 17.4 Å². The minimum atomic E-state index is -0.592. The van der Waals surface area contributed by atoms with Crippen molar-refractivity contribution in [3.63, 3.8) is 0 Å². The van der Waals surface area contributed by atoms with Gasteiger partial charge in [-0.1, -0.05) is 6.07 Å². The molecule has 0 aliphatic carbocycles. The number of hydrogen-bond donors (Lipinski definition) is 4. The Labute approximate surface area is 234 Å². The molecule has 6 rings (SSSR count). The average Bonchev–Trinajstić information content (AvgIpc) is 3.51. The molecule has 204 valence electrons. The quantitative estimate of drug-likeness (QED) is 0.229. The summed E-state index contributed by atoms with van der Waals surface area (Å²) in [5.41, 5.74) is 10.8. The first-order valence-corrected chi connectivity index (χ1v) is 12.7. The van der Waals surface area contributed by atoms with Gasteiger partial charge in [0.15, 0.2) is 0 Å². The first kappa shape index (κ1) is 25.5. The molecule has 3 aromatic heterocycles. The van der Waals surface area contributed by atoms with Gasteiger partial charge in [0.1, 0.15) is 11.3 Å². The molecule has 2 amide bonds. The molecule has 0 unspecified atom stereocenters. The lowest BCUT2D eigenvalue weighted by Gasteiger charge is -2.19. The number of nitrogens with zero attached hydrogens (tertiary/aromatic N) is 6. The molecule has 0 fully saturated rings. The second-order valence-corrected chi connectivity index (χ2v) is 9.52. The van der Waals surface area contributed by atoms with Crippen LogP contribution in [0.2, 0.25) is 0 Å². The summed E-state index contributed by atoms with van der Waals surface area (Å²) >= 11 is 0. The summed E-state index contributed by atoms with van der Waals surface area (Å²) in [4.78, 5) is 42.7. The third kappa shape index (κ3) is 4.89. The first-order chi connectivity index (χ1) is 19.8. The number of anilines is 5. The number of imidazole rings is 1. The number of nitrogens with two attached hydrogens (primary N) is 1. The highest BCUT2D eigenvalue weighted by molar-refractivity contribution is 6.07. The van der Waals surface area contributed by atoms with Gasteiger partial charge >= 0.3 is 0 Å². The zero-order valence-corrected chi connectivity index (χ0v) is 22.5. The van der Waals surface area contributed by atoms with Crippen molar-refractivity contribution >= 4 is 62.8 Å². The predicted molar refractivity (Wildman–Crippen MR) is 158 cm³/mol. The fourth-order valence-corrected chi connectivity index (χ4v) is 4.56. The molecule has 5 N–H and O–H groups in total. The van der Waals surface area contributed by atoms with Crippen molar-refractivity contribution in [3.8, 4) is 0 Å². The summed E-state index contributed by atoms with van der Waals surface area (Å²) in [7, 11) is 3.87. The van der Waals surface area contributed by atoms with Crippen molar-refractivity contribution in [1.29, 1.82) is 0 Å². The van der Waals surface area contributed by atoms with Crippen molar-refractivity contribution in [2.45, 2.75) is 6.92 Å². The van der Waals surface area contributed by atoms with Crippen LogP contribution in [0.15, 0.2) is 72.9 Å². The van der Waals surface area contributed by atoms with Crippen LogP contribution in [-0.4, -0.2) is 48.6 Å². The van der Waals surface area contributed by atoms with Crippen LogP contribution in [0.4, 0.5) is 29.1 Å². The standard InChI is InChI=1S/C29H26N10O2/c1-16-20-12-11-19(15-23(20)37-39(16)3)38(2)24-13-14-31-28(34-24)32-18-9-7-17(8-10-18)27(41)36-29-33-22-6-4-5-21(26(30)40)25(22)35-29/h4-15H,1-3H3,(H2,30,40)(H,31,32,34)(H2,33,35,36,41). The number of H-pyrrole nitrogens is 1. The Morgan fingerprint density at radius 3 is 2.61 bits per heavy atom. The number of rotatable bonds is 7. The molecule has 0 bridgehead atoms. The monoisotopic (exact) mass is 546 g/mol. The van der Waals surface area contributed by atoms with E-state index >= 15 is 0 Å². The fraction of sp³-hybridized carbons (Fsp3) is 0.103. The van der Waals surface area contributed by atoms with Crippen LogP contribution in [0.3, 0.4) is 0 Å². The number of aryl methyl sites for hydroxylation is 2. The van der Waals surface area contributed by atoms with Crippen molar-refractivity contribution in [3.05, 3.63) is 89.7 Å². The van der Waals surface area contributed by atoms with E-state index in [1.54, 1.807) is 48.7 Å². The maximum Gasteiger partial charge on any atom is 0.257 e. The van der Waals surface area contributed by atoms with Gasteiger partial charge in [0.05, 0.1) is 16.6 Å². The summed E-state index contributed by atoms with van der Waals surface area (Å²) in [5.74, 6) is 0.374. The van der Waals surface area contributed by atoms with E-state index in [1.165, 1.54) is 0 Å². The topological polar surface area (TPSA) is 160 Å². The van der Waals surface area contributed by atoms with Gasteiger partial charge in [-0.25, -0.2) is 9.97 Å². The Hall–Kier alpha value is -5.78. The molecule has 6 aromatic rings. The zero-order chi connectivity index (χ0) is 28.7. The van der Waals surface area contributed by atoms with Crippen LogP contribution >= 0.6 is 0 Å². The molecule has 0 aliphatic heterocycles. The van der Waals surface area contributed by atoms with E-state index in [4.69, 9.17) is 5.73 Å². The number of fused-ring (bicyclic) bond motifs is 2. The minimum absolute atomic E-state index is 0.215. The summed E-state index contributed by atoms with van der Waals surface area (Å²) < 4.78 is 1.87. The maximum absolute atomic E-state index is 12.8. The number of aromatic nitrogens is 6. The van der Waals surface area contributed by atoms with E-state index in [0.717, 1.165) is 22.3 Å². The lowest BCUT2D eigenvalue weighted by molar-refractivity contribution is 0.0999. The number of benzene rings is 3. The van der Waals surface area contributed by atoms with Gasteiger partial charge in [0.2, 0.25) is 11.9 Å². The highest BCUT2D eigenvalue weighted by atomic mass is 16.2. The molecule has 0 saturated heterocycles. The number of primary amides is 1. The van der Waals surface area contributed by atoms with E-state index in [2.05, 4.69) is 41.7 Å². The molecule has 0 atom stereocenters. The van der Waals surface area contributed by atoms with Crippen molar-refractivity contribution in [2.75, 3.05) is 22.6 Å². The van der Waals surface area contributed by atoms with Gasteiger partial charge in [0.25, 0.3) is 11.8 Å². The van der Waals surface area contributed by atoms with E-state index in [9.17, 15) is 9.59 Å². The molecule has 12 nitrogen and oxygen atoms in total. The normalized spacial score (nSPS) is 11.1. The molecule has 0 aliphatic rings. The van der Waals surface area contributed by atoms with Gasteiger partial charge in [-0.15, -0.1) is 0 Å². The largest absolute Gasteiger partial charge is 0.366 e. The van der Waals surface area contributed by atoms with Crippen molar-refractivity contribution in [2.24, 2.45) is 12.8 Å².